The summed E-state index contributed by atoms with van der Waals surface area (Å²) in [5, 5.41) is 9.09. The van der Waals surface area contributed by atoms with Crippen LogP contribution < -0.4 is 4.74 Å². The highest BCUT2D eigenvalue weighted by atomic mass is 19.4. The molecule has 8 heteroatoms. The lowest BCUT2D eigenvalue weighted by Crippen LogP contribution is -2.40. The zero-order chi connectivity index (χ0) is 17.3. The summed E-state index contributed by atoms with van der Waals surface area (Å²) in [7, 11) is 0. The first kappa shape index (κ1) is 16.9. The van der Waals surface area contributed by atoms with Crippen LogP contribution in [0.25, 0.3) is 0 Å². The molecule has 1 saturated heterocycles. The van der Waals surface area contributed by atoms with Gasteiger partial charge in [0.25, 0.3) is 0 Å². The van der Waals surface area contributed by atoms with Gasteiger partial charge >= 0.3 is 12.3 Å². The van der Waals surface area contributed by atoms with Crippen LogP contribution in [0, 0.1) is 11.8 Å². The molecule has 0 radical (unpaired) electrons. The Morgan fingerprint density at radius 1 is 1.33 bits per heavy atom. The number of amides is 1. The number of pyridine rings is 1. The van der Waals surface area contributed by atoms with Gasteiger partial charge in [-0.25, -0.2) is 9.78 Å². The number of hydrogen-bond donors (Lipinski definition) is 1. The topological polar surface area (TPSA) is 62.7 Å². The van der Waals surface area contributed by atoms with E-state index in [0.717, 1.165) is 25.5 Å². The number of alkyl halides is 3. The Bertz CT molecular complexity index is 604. The number of nitrogens with zero attached hydrogens (tertiary/aromatic N) is 2. The third kappa shape index (κ3) is 3.42. The SMILES string of the molecule is O=C(O)N1CC[C@H](C(Oc2cccnc2C(F)(F)F)C2CCC2)C1. The molecule has 0 spiro atoms. The molecule has 1 N–H and O–H groups in total. The summed E-state index contributed by atoms with van der Waals surface area (Å²) in [5.74, 6) is -0.187. The summed E-state index contributed by atoms with van der Waals surface area (Å²) in [4.78, 5) is 15.8. The van der Waals surface area contributed by atoms with E-state index < -0.39 is 24.1 Å². The average molecular weight is 344 g/mol. The molecule has 1 aromatic heterocycles. The van der Waals surface area contributed by atoms with E-state index in [1.165, 1.54) is 17.0 Å². The van der Waals surface area contributed by atoms with Crippen molar-refractivity contribution >= 4 is 6.09 Å². The summed E-state index contributed by atoms with van der Waals surface area (Å²) in [6, 6.07) is 2.70. The monoisotopic (exact) mass is 344 g/mol. The maximum Gasteiger partial charge on any atom is 0.437 e. The third-order valence-electron chi connectivity index (χ3n) is 4.88. The molecule has 0 aromatic carbocycles. The Balaban J connectivity index is 1.80. The highest BCUT2D eigenvalue weighted by molar-refractivity contribution is 5.65. The minimum Gasteiger partial charge on any atom is -0.488 e. The van der Waals surface area contributed by atoms with Crippen LogP contribution in [0.15, 0.2) is 18.3 Å². The van der Waals surface area contributed by atoms with E-state index >= 15 is 0 Å². The molecule has 1 aliphatic carbocycles. The van der Waals surface area contributed by atoms with Crippen molar-refractivity contribution in [3.63, 3.8) is 0 Å². The molecule has 2 atom stereocenters. The van der Waals surface area contributed by atoms with Gasteiger partial charge in [0.15, 0.2) is 11.4 Å². The molecule has 1 aromatic rings. The van der Waals surface area contributed by atoms with Gasteiger partial charge in [0.1, 0.15) is 6.10 Å². The van der Waals surface area contributed by atoms with Gasteiger partial charge in [0.05, 0.1) is 0 Å². The third-order valence-corrected chi connectivity index (χ3v) is 4.88. The van der Waals surface area contributed by atoms with Gasteiger partial charge in [-0.2, -0.15) is 13.2 Å². The van der Waals surface area contributed by atoms with Crippen molar-refractivity contribution in [2.75, 3.05) is 13.1 Å². The Morgan fingerprint density at radius 2 is 2.08 bits per heavy atom. The van der Waals surface area contributed by atoms with E-state index in [-0.39, 0.29) is 17.6 Å². The normalized spacial score (nSPS) is 23.0. The van der Waals surface area contributed by atoms with Gasteiger partial charge in [-0.15, -0.1) is 0 Å². The van der Waals surface area contributed by atoms with Crippen molar-refractivity contribution in [3.05, 3.63) is 24.0 Å². The number of carbonyl (C=O) groups is 1. The van der Waals surface area contributed by atoms with E-state index in [1.54, 1.807) is 0 Å². The molecule has 1 saturated carbocycles. The molecule has 24 heavy (non-hydrogen) atoms. The molecule has 2 aliphatic rings. The van der Waals surface area contributed by atoms with E-state index in [0.29, 0.717) is 19.5 Å². The number of likely N-dealkylation sites (tertiary alicyclic amines) is 1. The smallest absolute Gasteiger partial charge is 0.437 e. The summed E-state index contributed by atoms with van der Waals surface area (Å²) in [6.07, 6.45) is -1.46. The predicted octanol–water partition coefficient (Wildman–Crippen LogP) is 3.65. The number of carboxylic acid groups (broad SMARTS) is 1. The van der Waals surface area contributed by atoms with Crippen molar-refractivity contribution in [3.8, 4) is 5.75 Å². The van der Waals surface area contributed by atoms with Crippen LogP contribution in [0.2, 0.25) is 0 Å². The largest absolute Gasteiger partial charge is 0.488 e. The van der Waals surface area contributed by atoms with Crippen molar-refractivity contribution in [2.45, 2.75) is 38.0 Å². The molecule has 1 unspecified atom stereocenters. The quantitative estimate of drug-likeness (QED) is 0.906. The van der Waals surface area contributed by atoms with Crippen LogP contribution in [0.1, 0.15) is 31.4 Å². The maximum atomic E-state index is 13.1. The fourth-order valence-corrected chi connectivity index (χ4v) is 3.42. The molecule has 2 fully saturated rings. The van der Waals surface area contributed by atoms with Crippen molar-refractivity contribution in [1.29, 1.82) is 0 Å². The van der Waals surface area contributed by atoms with E-state index in [4.69, 9.17) is 9.84 Å². The van der Waals surface area contributed by atoms with Crippen LogP contribution in [0.3, 0.4) is 0 Å². The first-order valence-corrected chi connectivity index (χ1v) is 8.03. The maximum absolute atomic E-state index is 13.1. The minimum atomic E-state index is -4.58. The second-order valence-corrected chi connectivity index (χ2v) is 6.40. The highest BCUT2D eigenvalue weighted by Crippen LogP contribution is 2.41. The van der Waals surface area contributed by atoms with Gasteiger partial charge in [0.2, 0.25) is 0 Å². The second-order valence-electron chi connectivity index (χ2n) is 6.40. The van der Waals surface area contributed by atoms with Crippen LogP contribution in [-0.4, -0.2) is 40.3 Å². The predicted molar refractivity (Wildman–Crippen MR) is 78.7 cm³/mol. The van der Waals surface area contributed by atoms with E-state index in [2.05, 4.69) is 4.98 Å². The first-order chi connectivity index (χ1) is 11.4. The first-order valence-electron chi connectivity index (χ1n) is 8.03. The Morgan fingerprint density at radius 3 is 2.62 bits per heavy atom. The fraction of sp³-hybridized carbons (Fsp3) is 0.625. The molecule has 0 bridgehead atoms. The lowest BCUT2D eigenvalue weighted by atomic mass is 9.76. The lowest BCUT2D eigenvalue weighted by molar-refractivity contribution is -0.143. The standard InChI is InChI=1S/C16H19F3N2O3/c17-16(18,19)14-12(5-2-7-20-14)24-13(10-3-1-4-10)11-6-8-21(9-11)15(22)23/h2,5,7,10-11,13H,1,3-4,6,8-9H2,(H,22,23)/t11-,13?/m0/s1. The van der Waals surface area contributed by atoms with E-state index in [9.17, 15) is 18.0 Å². The Hall–Kier alpha value is -1.99. The molecule has 1 aliphatic heterocycles. The fourth-order valence-electron chi connectivity index (χ4n) is 3.42. The minimum absolute atomic E-state index is 0.0901. The molecule has 2 heterocycles. The second kappa shape index (κ2) is 6.49. The highest BCUT2D eigenvalue weighted by Gasteiger charge is 2.42. The van der Waals surface area contributed by atoms with Crippen molar-refractivity contribution in [1.82, 2.24) is 9.88 Å². The summed E-state index contributed by atoms with van der Waals surface area (Å²) in [6.45, 7) is 0.698. The summed E-state index contributed by atoms with van der Waals surface area (Å²) >= 11 is 0. The number of halogens is 3. The lowest BCUT2D eigenvalue weighted by Gasteiger charge is -2.37. The molecule has 3 rings (SSSR count). The zero-order valence-corrected chi connectivity index (χ0v) is 13.0. The molecule has 132 valence electrons. The van der Waals surface area contributed by atoms with Gasteiger partial charge in [-0.3, -0.25) is 0 Å². The summed E-state index contributed by atoms with van der Waals surface area (Å²) < 4.78 is 45.1. The van der Waals surface area contributed by atoms with Gasteiger partial charge in [-0.1, -0.05) is 6.42 Å². The molecule has 5 nitrogen and oxygen atoms in total. The zero-order valence-electron chi connectivity index (χ0n) is 13.0. The van der Waals surface area contributed by atoms with Crippen LogP contribution in [0.4, 0.5) is 18.0 Å². The van der Waals surface area contributed by atoms with E-state index in [1.807, 2.05) is 0 Å². The van der Waals surface area contributed by atoms with Gasteiger partial charge in [-0.05, 0) is 37.3 Å². The van der Waals surface area contributed by atoms with Crippen LogP contribution in [-0.2, 0) is 6.18 Å². The number of aromatic nitrogens is 1. The molecular weight excluding hydrogens is 325 g/mol. The number of hydrogen-bond acceptors (Lipinski definition) is 3. The van der Waals surface area contributed by atoms with Gasteiger partial charge < -0.3 is 14.7 Å². The molecular formula is C16H19F3N2O3. The number of ether oxygens (including phenoxy) is 1. The Kier molecular flexibility index (Phi) is 4.56. The van der Waals surface area contributed by atoms with Gasteiger partial charge in [0, 0.05) is 25.2 Å². The van der Waals surface area contributed by atoms with Crippen molar-refractivity contribution < 1.29 is 27.8 Å². The molecule has 1 amide bonds. The van der Waals surface area contributed by atoms with Crippen molar-refractivity contribution in [2.24, 2.45) is 11.8 Å². The number of rotatable bonds is 4. The average Bonchev–Trinajstić information content (AvgIpc) is 2.94. The van der Waals surface area contributed by atoms with Crippen LogP contribution >= 0.6 is 0 Å². The Labute approximate surface area is 137 Å². The summed E-state index contributed by atoms with van der Waals surface area (Å²) in [5.41, 5.74) is -1.03. The van der Waals surface area contributed by atoms with Crippen LogP contribution in [0.5, 0.6) is 5.75 Å².